The van der Waals surface area contributed by atoms with E-state index in [1.54, 1.807) is 25.5 Å². The van der Waals surface area contributed by atoms with Crippen LogP contribution < -0.4 is 16.2 Å². The number of nitrogens with one attached hydrogen (secondary N) is 3. The Balaban J connectivity index is 1.98. The minimum absolute atomic E-state index is 0.189. The lowest BCUT2D eigenvalue weighted by molar-refractivity contribution is -0.140. The maximum Gasteiger partial charge on any atom is 0.327 e. The number of hydrogen-bond acceptors (Lipinski definition) is 4. The normalized spacial score (nSPS) is 11.0. The lowest BCUT2D eigenvalue weighted by Crippen LogP contribution is -2.49. The molecule has 9 heteroatoms. The third-order valence-corrected chi connectivity index (χ3v) is 4.29. The molecule has 0 aliphatic rings. The summed E-state index contributed by atoms with van der Waals surface area (Å²) in [6.07, 6.45) is 2.71. The van der Waals surface area contributed by atoms with Crippen molar-refractivity contribution in [3.63, 3.8) is 0 Å². The number of carbonyl (C=O) groups excluding carboxylic acids is 3. The Bertz CT molecular complexity index is 932. The summed E-state index contributed by atoms with van der Waals surface area (Å²) in [6.45, 7) is 7.74. The summed E-state index contributed by atoms with van der Waals surface area (Å²) in [5.74, 6) is -2.40. The third-order valence-electron chi connectivity index (χ3n) is 3.89. The summed E-state index contributed by atoms with van der Waals surface area (Å²) in [5, 5.41) is 7.22. The SMILES string of the molecule is Cc1ccc(Cn2nc(C)c(/C=C/C(=O)NNC(=O)C(=O)NC(C)C)c2Cl)cc1. The van der Waals surface area contributed by atoms with Gasteiger partial charge < -0.3 is 5.32 Å². The molecule has 3 N–H and O–H groups in total. The van der Waals surface area contributed by atoms with E-state index >= 15 is 0 Å². The molecule has 1 heterocycles. The zero-order chi connectivity index (χ0) is 21.6. The minimum atomic E-state index is -0.958. The van der Waals surface area contributed by atoms with Gasteiger partial charge in [0.1, 0.15) is 5.15 Å². The lowest BCUT2D eigenvalue weighted by Gasteiger charge is -2.08. The van der Waals surface area contributed by atoms with E-state index in [1.807, 2.05) is 36.6 Å². The van der Waals surface area contributed by atoms with Gasteiger partial charge in [-0.15, -0.1) is 0 Å². The number of aryl methyl sites for hydroxylation is 2. The molecule has 0 unspecified atom stereocenters. The first-order valence-corrected chi connectivity index (χ1v) is 9.42. The maximum absolute atomic E-state index is 11.9. The molecule has 0 bridgehead atoms. The van der Waals surface area contributed by atoms with Crippen LogP contribution in [-0.2, 0) is 20.9 Å². The Kier molecular flexibility index (Phi) is 7.55. The summed E-state index contributed by atoms with van der Waals surface area (Å²) in [7, 11) is 0. The van der Waals surface area contributed by atoms with Crippen LogP contribution in [0, 0.1) is 13.8 Å². The van der Waals surface area contributed by atoms with Crippen molar-refractivity contribution in [2.75, 3.05) is 0 Å². The van der Waals surface area contributed by atoms with Crippen molar-refractivity contribution in [1.82, 2.24) is 25.9 Å². The quantitative estimate of drug-likeness (QED) is 0.392. The van der Waals surface area contributed by atoms with Gasteiger partial charge in [0.2, 0.25) is 0 Å². The van der Waals surface area contributed by atoms with Gasteiger partial charge >= 0.3 is 11.8 Å². The number of hydrazine groups is 1. The van der Waals surface area contributed by atoms with E-state index in [-0.39, 0.29) is 6.04 Å². The topological polar surface area (TPSA) is 105 Å². The Hall–Kier alpha value is -3.13. The predicted octanol–water partition coefficient (Wildman–Crippen LogP) is 1.89. The van der Waals surface area contributed by atoms with Crippen molar-refractivity contribution in [2.24, 2.45) is 0 Å². The number of carbonyl (C=O) groups is 3. The molecule has 8 nitrogen and oxygen atoms in total. The first-order chi connectivity index (χ1) is 13.7. The van der Waals surface area contributed by atoms with Crippen LogP contribution in [0.5, 0.6) is 0 Å². The molecule has 0 aliphatic carbocycles. The highest BCUT2D eigenvalue weighted by molar-refractivity contribution is 6.35. The van der Waals surface area contributed by atoms with Gasteiger partial charge in [-0.25, -0.2) is 4.68 Å². The molecule has 0 saturated heterocycles. The molecule has 0 saturated carbocycles. The van der Waals surface area contributed by atoms with Gasteiger partial charge in [0, 0.05) is 17.7 Å². The van der Waals surface area contributed by atoms with Gasteiger partial charge in [-0.3, -0.25) is 25.2 Å². The third kappa shape index (κ3) is 6.46. The van der Waals surface area contributed by atoms with Crippen LogP contribution in [-0.4, -0.2) is 33.5 Å². The smallest absolute Gasteiger partial charge is 0.327 e. The monoisotopic (exact) mass is 417 g/mol. The molecule has 2 rings (SSSR count). The van der Waals surface area contributed by atoms with E-state index in [0.717, 1.165) is 5.56 Å². The number of benzene rings is 1. The molecule has 0 radical (unpaired) electrons. The Morgan fingerprint density at radius 3 is 2.38 bits per heavy atom. The first-order valence-electron chi connectivity index (χ1n) is 9.04. The molecule has 1 aromatic heterocycles. The van der Waals surface area contributed by atoms with E-state index < -0.39 is 17.7 Å². The van der Waals surface area contributed by atoms with Crippen molar-refractivity contribution in [1.29, 1.82) is 0 Å². The number of halogens is 1. The van der Waals surface area contributed by atoms with Crippen molar-refractivity contribution < 1.29 is 14.4 Å². The summed E-state index contributed by atoms with van der Waals surface area (Å²) < 4.78 is 1.65. The Labute approximate surface area is 174 Å². The molecule has 154 valence electrons. The lowest BCUT2D eigenvalue weighted by atomic mass is 10.1. The number of amides is 3. The number of hydrogen-bond donors (Lipinski definition) is 3. The number of aromatic nitrogens is 2. The Morgan fingerprint density at radius 2 is 1.76 bits per heavy atom. The van der Waals surface area contributed by atoms with Gasteiger partial charge in [0.05, 0.1) is 12.2 Å². The van der Waals surface area contributed by atoms with Gasteiger partial charge in [0.25, 0.3) is 5.91 Å². The molecule has 1 aromatic carbocycles. The second-order valence-electron chi connectivity index (χ2n) is 6.84. The van der Waals surface area contributed by atoms with E-state index in [0.29, 0.717) is 23.0 Å². The maximum atomic E-state index is 11.9. The highest BCUT2D eigenvalue weighted by Crippen LogP contribution is 2.22. The van der Waals surface area contributed by atoms with Crippen LogP contribution in [0.25, 0.3) is 6.08 Å². The standard InChI is InChI=1S/C20H24ClN5O3/c1-12(2)22-19(28)20(29)24-23-17(27)10-9-16-14(4)25-26(18(16)21)11-15-7-5-13(3)6-8-15/h5-10,12H,11H2,1-4H3,(H,22,28)(H,23,27)(H,24,29)/b10-9+. The zero-order valence-electron chi connectivity index (χ0n) is 16.7. The molecule has 2 aromatic rings. The van der Waals surface area contributed by atoms with Gasteiger partial charge in [-0.05, 0) is 39.3 Å². The van der Waals surface area contributed by atoms with Crippen LogP contribution in [0.1, 0.15) is 36.2 Å². The fraction of sp³-hybridized carbons (Fsp3) is 0.300. The zero-order valence-corrected chi connectivity index (χ0v) is 17.5. The molecule has 29 heavy (non-hydrogen) atoms. The van der Waals surface area contributed by atoms with Crippen LogP contribution in [0.4, 0.5) is 0 Å². The fourth-order valence-corrected chi connectivity index (χ4v) is 2.73. The van der Waals surface area contributed by atoms with E-state index in [2.05, 4.69) is 15.8 Å². The number of rotatable bonds is 5. The van der Waals surface area contributed by atoms with Gasteiger partial charge in [-0.2, -0.15) is 5.10 Å². The van der Waals surface area contributed by atoms with Crippen LogP contribution >= 0.6 is 11.6 Å². The van der Waals surface area contributed by atoms with Gasteiger partial charge in [0.15, 0.2) is 0 Å². The molecular formula is C20H24ClN5O3. The largest absolute Gasteiger partial charge is 0.346 e. The van der Waals surface area contributed by atoms with Crippen molar-refractivity contribution in [2.45, 2.75) is 40.3 Å². The second kappa shape index (κ2) is 9.88. The van der Waals surface area contributed by atoms with E-state index in [4.69, 9.17) is 11.6 Å². The average molecular weight is 418 g/mol. The van der Waals surface area contributed by atoms with E-state index in [9.17, 15) is 14.4 Å². The summed E-state index contributed by atoms with van der Waals surface area (Å²) in [6, 6.07) is 7.85. The first kappa shape index (κ1) is 22.2. The van der Waals surface area contributed by atoms with Crippen LogP contribution in [0.3, 0.4) is 0 Å². The van der Waals surface area contributed by atoms with Crippen molar-refractivity contribution in [3.8, 4) is 0 Å². The number of nitrogens with zero attached hydrogens (tertiary/aromatic N) is 2. The molecular weight excluding hydrogens is 394 g/mol. The van der Waals surface area contributed by atoms with Crippen molar-refractivity contribution in [3.05, 3.63) is 57.9 Å². The summed E-state index contributed by atoms with van der Waals surface area (Å²) in [5.41, 5.74) is 7.65. The van der Waals surface area contributed by atoms with E-state index in [1.165, 1.54) is 17.7 Å². The molecule has 3 amide bonds. The summed E-state index contributed by atoms with van der Waals surface area (Å²) >= 11 is 6.41. The van der Waals surface area contributed by atoms with Crippen molar-refractivity contribution >= 4 is 35.4 Å². The highest BCUT2D eigenvalue weighted by atomic mass is 35.5. The second-order valence-corrected chi connectivity index (χ2v) is 7.20. The highest BCUT2D eigenvalue weighted by Gasteiger charge is 2.15. The molecule has 0 aliphatic heterocycles. The average Bonchev–Trinajstić information content (AvgIpc) is 2.92. The molecule has 0 fully saturated rings. The molecule has 0 atom stereocenters. The summed E-state index contributed by atoms with van der Waals surface area (Å²) in [4.78, 5) is 35.0. The predicted molar refractivity (Wildman–Crippen MR) is 111 cm³/mol. The van der Waals surface area contributed by atoms with Crippen LogP contribution in [0.15, 0.2) is 30.3 Å². The van der Waals surface area contributed by atoms with Gasteiger partial charge in [-0.1, -0.05) is 41.4 Å². The molecule has 0 spiro atoms. The minimum Gasteiger partial charge on any atom is -0.346 e. The fourth-order valence-electron chi connectivity index (χ4n) is 2.43. The van der Waals surface area contributed by atoms with Crippen LogP contribution in [0.2, 0.25) is 5.15 Å². The Morgan fingerprint density at radius 1 is 1.10 bits per heavy atom.